The molecule has 4 nitrogen and oxygen atoms in total. The summed E-state index contributed by atoms with van der Waals surface area (Å²) in [6.45, 7) is 3.50. The van der Waals surface area contributed by atoms with E-state index in [-0.39, 0.29) is 17.6 Å². The molecule has 1 aliphatic heterocycles. The summed E-state index contributed by atoms with van der Waals surface area (Å²) in [5, 5.41) is 0. The lowest BCUT2D eigenvalue weighted by Gasteiger charge is -2.33. The number of amides is 1. The zero-order valence-corrected chi connectivity index (χ0v) is 9.65. The Kier molecular flexibility index (Phi) is 3.28. The van der Waals surface area contributed by atoms with Gasteiger partial charge < -0.3 is 15.4 Å². The summed E-state index contributed by atoms with van der Waals surface area (Å²) in [5.41, 5.74) is 6.18. The first-order valence-corrected chi connectivity index (χ1v) is 5.53. The van der Waals surface area contributed by atoms with E-state index in [4.69, 9.17) is 10.5 Å². The van der Waals surface area contributed by atoms with Crippen molar-refractivity contribution in [2.24, 2.45) is 0 Å². The fourth-order valence-electron chi connectivity index (χ4n) is 1.91. The Balaban J connectivity index is 2.24. The quantitative estimate of drug-likeness (QED) is 0.749. The van der Waals surface area contributed by atoms with E-state index in [2.05, 4.69) is 0 Å². The summed E-state index contributed by atoms with van der Waals surface area (Å²) in [7, 11) is 0. The van der Waals surface area contributed by atoms with Crippen molar-refractivity contribution >= 4 is 11.6 Å². The van der Waals surface area contributed by atoms with Crippen LogP contribution < -0.4 is 5.73 Å². The average Bonchev–Trinajstić information content (AvgIpc) is 2.29. The Morgan fingerprint density at radius 3 is 3.00 bits per heavy atom. The Morgan fingerprint density at radius 2 is 2.35 bits per heavy atom. The summed E-state index contributed by atoms with van der Waals surface area (Å²) < 4.78 is 18.2. The zero-order valence-electron chi connectivity index (χ0n) is 9.65. The van der Waals surface area contributed by atoms with E-state index in [0.717, 1.165) is 0 Å². The van der Waals surface area contributed by atoms with Gasteiger partial charge in [-0.1, -0.05) is 0 Å². The number of nitrogen functional groups attached to an aromatic ring is 1. The summed E-state index contributed by atoms with van der Waals surface area (Å²) in [6.07, 6.45) is 0. The molecule has 1 heterocycles. The predicted octanol–water partition coefficient (Wildman–Crippen LogP) is 1.27. The number of benzene rings is 1. The van der Waals surface area contributed by atoms with Crippen molar-refractivity contribution < 1.29 is 13.9 Å². The molecule has 0 unspecified atom stereocenters. The largest absolute Gasteiger partial charge is 0.398 e. The van der Waals surface area contributed by atoms with Crippen molar-refractivity contribution in [1.82, 2.24) is 4.90 Å². The van der Waals surface area contributed by atoms with E-state index in [1.165, 1.54) is 18.2 Å². The Bertz CT molecular complexity index is 437. The van der Waals surface area contributed by atoms with Crippen LogP contribution in [-0.4, -0.2) is 36.6 Å². The SMILES string of the molecule is C[C@@H]1COCCN1C(=O)c1ccc(F)cc1N. The first-order valence-electron chi connectivity index (χ1n) is 5.53. The second-order valence-electron chi connectivity index (χ2n) is 4.15. The van der Waals surface area contributed by atoms with Gasteiger partial charge in [0.05, 0.1) is 24.8 Å². The molecule has 1 aromatic rings. The van der Waals surface area contributed by atoms with Crippen LogP contribution in [0.3, 0.4) is 0 Å². The molecule has 0 saturated carbocycles. The van der Waals surface area contributed by atoms with Gasteiger partial charge in [-0.05, 0) is 25.1 Å². The minimum Gasteiger partial charge on any atom is -0.398 e. The van der Waals surface area contributed by atoms with Gasteiger partial charge in [0.15, 0.2) is 0 Å². The number of halogens is 1. The van der Waals surface area contributed by atoms with Gasteiger partial charge in [-0.2, -0.15) is 0 Å². The molecule has 0 spiro atoms. The van der Waals surface area contributed by atoms with Gasteiger partial charge in [-0.3, -0.25) is 4.79 Å². The number of rotatable bonds is 1. The fraction of sp³-hybridized carbons (Fsp3) is 0.417. The van der Waals surface area contributed by atoms with Crippen molar-refractivity contribution in [3.05, 3.63) is 29.6 Å². The second-order valence-corrected chi connectivity index (χ2v) is 4.15. The van der Waals surface area contributed by atoms with Crippen LogP contribution in [0.2, 0.25) is 0 Å². The van der Waals surface area contributed by atoms with Crippen LogP contribution in [0.15, 0.2) is 18.2 Å². The highest BCUT2D eigenvalue weighted by atomic mass is 19.1. The van der Waals surface area contributed by atoms with E-state index in [1.54, 1.807) is 4.90 Å². The molecule has 17 heavy (non-hydrogen) atoms. The number of hydrogen-bond acceptors (Lipinski definition) is 3. The Labute approximate surface area is 99.2 Å². The van der Waals surface area contributed by atoms with E-state index < -0.39 is 5.82 Å². The highest BCUT2D eigenvalue weighted by Gasteiger charge is 2.25. The van der Waals surface area contributed by atoms with Crippen molar-refractivity contribution in [2.75, 3.05) is 25.5 Å². The molecule has 0 bridgehead atoms. The molecular formula is C12H15FN2O2. The topological polar surface area (TPSA) is 55.6 Å². The fourth-order valence-corrected chi connectivity index (χ4v) is 1.91. The second kappa shape index (κ2) is 4.71. The van der Waals surface area contributed by atoms with Crippen molar-refractivity contribution in [2.45, 2.75) is 13.0 Å². The predicted molar refractivity (Wildman–Crippen MR) is 62.1 cm³/mol. The number of nitrogens with two attached hydrogens (primary N) is 1. The van der Waals surface area contributed by atoms with Gasteiger partial charge >= 0.3 is 0 Å². The molecule has 0 aromatic heterocycles. The van der Waals surface area contributed by atoms with Crippen LogP contribution in [0.1, 0.15) is 17.3 Å². The molecule has 2 N–H and O–H groups in total. The number of carbonyl (C=O) groups excluding carboxylic acids is 1. The number of carbonyl (C=O) groups is 1. The maximum Gasteiger partial charge on any atom is 0.256 e. The molecule has 1 saturated heterocycles. The van der Waals surface area contributed by atoms with Gasteiger partial charge in [0.2, 0.25) is 0 Å². The number of anilines is 1. The number of ether oxygens (including phenoxy) is 1. The number of hydrogen-bond donors (Lipinski definition) is 1. The highest BCUT2D eigenvalue weighted by molar-refractivity contribution is 5.99. The van der Waals surface area contributed by atoms with Crippen LogP contribution in [0, 0.1) is 5.82 Å². The molecule has 1 atom stereocenters. The molecule has 1 aromatic carbocycles. The van der Waals surface area contributed by atoms with E-state index >= 15 is 0 Å². The van der Waals surface area contributed by atoms with Crippen molar-refractivity contribution in [3.63, 3.8) is 0 Å². The van der Waals surface area contributed by atoms with Crippen molar-refractivity contribution in [3.8, 4) is 0 Å². The first-order chi connectivity index (χ1) is 8.09. The minimum atomic E-state index is -0.436. The summed E-state index contributed by atoms with van der Waals surface area (Å²) in [6, 6.07) is 3.85. The molecule has 92 valence electrons. The first kappa shape index (κ1) is 11.9. The standard InChI is InChI=1S/C12H15FN2O2/c1-8-7-17-5-4-15(8)12(16)10-3-2-9(13)6-11(10)14/h2-3,6,8H,4-5,7,14H2,1H3/t8-/m1/s1. The van der Waals surface area contributed by atoms with Crippen LogP contribution >= 0.6 is 0 Å². The van der Waals surface area contributed by atoms with Gasteiger partial charge in [0.25, 0.3) is 5.91 Å². The van der Waals surface area contributed by atoms with Gasteiger partial charge in [-0.25, -0.2) is 4.39 Å². The molecule has 2 rings (SSSR count). The monoisotopic (exact) mass is 238 g/mol. The van der Waals surface area contributed by atoms with Crippen molar-refractivity contribution in [1.29, 1.82) is 0 Å². The van der Waals surface area contributed by atoms with Crippen LogP contribution in [0.5, 0.6) is 0 Å². The van der Waals surface area contributed by atoms with E-state index in [1.807, 2.05) is 6.92 Å². The maximum atomic E-state index is 12.9. The molecule has 0 radical (unpaired) electrons. The van der Waals surface area contributed by atoms with E-state index in [9.17, 15) is 9.18 Å². The van der Waals surface area contributed by atoms with Gasteiger partial charge in [0.1, 0.15) is 5.82 Å². The van der Waals surface area contributed by atoms with Crippen LogP contribution in [-0.2, 0) is 4.74 Å². The third-order valence-corrected chi connectivity index (χ3v) is 2.87. The maximum absolute atomic E-state index is 12.9. The highest BCUT2D eigenvalue weighted by Crippen LogP contribution is 2.18. The smallest absolute Gasteiger partial charge is 0.256 e. The van der Waals surface area contributed by atoms with E-state index in [0.29, 0.717) is 25.3 Å². The number of nitrogens with zero attached hydrogens (tertiary/aromatic N) is 1. The molecule has 1 fully saturated rings. The normalized spacial score (nSPS) is 20.4. The Hall–Kier alpha value is -1.62. The zero-order chi connectivity index (χ0) is 12.4. The third-order valence-electron chi connectivity index (χ3n) is 2.87. The lowest BCUT2D eigenvalue weighted by Crippen LogP contribution is -2.47. The lowest BCUT2D eigenvalue weighted by atomic mass is 10.1. The summed E-state index contributed by atoms with van der Waals surface area (Å²) >= 11 is 0. The minimum absolute atomic E-state index is 0.0145. The Morgan fingerprint density at radius 1 is 1.59 bits per heavy atom. The third kappa shape index (κ3) is 2.39. The van der Waals surface area contributed by atoms with Crippen LogP contribution in [0.4, 0.5) is 10.1 Å². The van der Waals surface area contributed by atoms with Gasteiger partial charge in [0, 0.05) is 12.2 Å². The van der Waals surface area contributed by atoms with Crippen LogP contribution in [0.25, 0.3) is 0 Å². The number of morpholine rings is 1. The summed E-state index contributed by atoms with van der Waals surface area (Å²) in [4.78, 5) is 13.9. The molecule has 1 amide bonds. The van der Waals surface area contributed by atoms with Gasteiger partial charge in [-0.15, -0.1) is 0 Å². The summed E-state index contributed by atoms with van der Waals surface area (Å²) in [5.74, 6) is -0.604. The molecular weight excluding hydrogens is 223 g/mol. The average molecular weight is 238 g/mol. The molecule has 1 aliphatic rings. The molecule has 0 aliphatic carbocycles. The molecule has 5 heteroatoms. The lowest BCUT2D eigenvalue weighted by molar-refractivity contribution is 0.00365.